The fourth-order valence-corrected chi connectivity index (χ4v) is 2.95. The highest BCUT2D eigenvalue weighted by Crippen LogP contribution is 2.24. The highest BCUT2D eigenvalue weighted by Gasteiger charge is 2.26. The molecule has 1 amide bonds. The number of aryl methyl sites for hydroxylation is 1. The minimum Gasteiger partial charge on any atom is -0.358 e. The minimum atomic E-state index is -0.332. The molecule has 1 aliphatic rings. The molecule has 1 aliphatic heterocycles. The molecule has 0 saturated carbocycles. The third kappa shape index (κ3) is 3.23. The second kappa shape index (κ2) is 6.98. The maximum absolute atomic E-state index is 12.2. The van der Waals surface area contributed by atoms with Crippen molar-refractivity contribution in [1.29, 1.82) is 0 Å². The monoisotopic (exact) mass is 357 g/mol. The molecule has 7 nitrogen and oxygen atoms in total. The van der Waals surface area contributed by atoms with Crippen LogP contribution in [-0.2, 0) is 4.79 Å². The first kappa shape index (κ1) is 17.0. The Bertz CT molecular complexity index is 899. The Morgan fingerprint density at radius 3 is 2.80 bits per heavy atom. The van der Waals surface area contributed by atoms with Gasteiger partial charge in [-0.25, -0.2) is 5.43 Å². The largest absolute Gasteiger partial charge is 0.358 e. The van der Waals surface area contributed by atoms with Crippen LogP contribution in [0.5, 0.6) is 0 Å². The van der Waals surface area contributed by atoms with Crippen LogP contribution in [0.1, 0.15) is 39.4 Å². The minimum absolute atomic E-state index is 0.0235. The molecule has 0 unspecified atom stereocenters. The van der Waals surface area contributed by atoms with Gasteiger partial charge in [-0.3, -0.25) is 19.6 Å². The van der Waals surface area contributed by atoms with Gasteiger partial charge in [0.1, 0.15) is 11.4 Å². The molecule has 25 heavy (non-hydrogen) atoms. The smallest absolute Gasteiger partial charge is 0.273 e. The van der Waals surface area contributed by atoms with Gasteiger partial charge in [0.15, 0.2) is 5.78 Å². The molecule has 8 heteroatoms. The van der Waals surface area contributed by atoms with Crippen LogP contribution >= 0.6 is 11.6 Å². The van der Waals surface area contributed by atoms with Crippen molar-refractivity contribution >= 4 is 35.1 Å². The summed E-state index contributed by atoms with van der Waals surface area (Å²) in [5, 5.41) is 4.04. The number of nitrogens with one attached hydrogen (secondary N) is 2. The molecule has 0 saturated heterocycles. The average Bonchev–Trinajstić information content (AvgIpc) is 3.09. The van der Waals surface area contributed by atoms with Crippen LogP contribution in [0.4, 0.5) is 0 Å². The Morgan fingerprint density at radius 2 is 2.12 bits per heavy atom. The molecule has 0 fully saturated rings. The van der Waals surface area contributed by atoms with E-state index in [1.54, 1.807) is 12.3 Å². The summed E-state index contributed by atoms with van der Waals surface area (Å²) in [5.74, 6) is -0.0869. The van der Waals surface area contributed by atoms with E-state index in [2.05, 4.69) is 25.5 Å². The number of aromatic amines is 1. The lowest BCUT2D eigenvalue weighted by Gasteiger charge is -2.01. The van der Waals surface area contributed by atoms with Crippen LogP contribution in [0.2, 0.25) is 0 Å². The number of halogens is 1. The maximum atomic E-state index is 12.2. The summed E-state index contributed by atoms with van der Waals surface area (Å²) in [6, 6.07) is 0. The van der Waals surface area contributed by atoms with Gasteiger partial charge in [-0.1, -0.05) is 0 Å². The average molecular weight is 358 g/mol. The van der Waals surface area contributed by atoms with Gasteiger partial charge >= 0.3 is 0 Å². The Balaban J connectivity index is 2.02. The Kier molecular flexibility index (Phi) is 4.76. The van der Waals surface area contributed by atoms with Crippen LogP contribution < -0.4 is 5.43 Å². The predicted octanol–water partition coefficient (Wildman–Crippen LogP) is 2.15. The van der Waals surface area contributed by atoms with E-state index in [1.165, 1.54) is 12.4 Å². The highest BCUT2D eigenvalue weighted by atomic mass is 35.5. The number of amides is 1. The zero-order valence-electron chi connectivity index (χ0n) is 13.8. The zero-order chi connectivity index (χ0) is 18.0. The van der Waals surface area contributed by atoms with E-state index in [0.29, 0.717) is 28.2 Å². The second-order valence-electron chi connectivity index (χ2n) is 5.58. The summed E-state index contributed by atoms with van der Waals surface area (Å²) in [5.41, 5.74) is 6.52. The predicted molar refractivity (Wildman–Crippen MR) is 94.6 cm³/mol. The first-order valence-corrected chi connectivity index (χ1v) is 8.21. The molecule has 2 N–H and O–H groups in total. The van der Waals surface area contributed by atoms with Crippen LogP contribution in [-0.4, -0.2) is 38.2 Å². The molecule has 0 aromatic carbocycles. The van der Waals surface area contributed by atoms with Gasteiger partial charge < -0.3 is 4.98 Å². The molecular weight excluding hydrogens is 342 g/mol. The van der Waals surface area contributed by atoms with Crippen molar-refractivity contribution in [2.45, 2.75) is 20.3 Å². The van der Waals surface area contributed by atoms with Crippen LogP contribution in [0, 0.1) is 13.8 Å². The third-order valence-corrected chi connectivity index (χ3v) is 4.13. The molecular formula is C17H16ClN5O2. The number of hydrazone groups is 1. The fourth-order valence-electron chi connectivity index (χ4n) is 2.78. The van der Waals surface area contributed by atoms with Crippen LogP contribution in [0.3, 0.4) is 0 Å². The summed E-state index contributed by atoms with van der Waals surface area (Å²) in [4.78, 5) is 35.7. The Morgan fingerprint density at radius 1 is 1.32 bits per heavy atom. The first-order chi connectivity index (χ1) is 12.0. The molecule has 0 aliphatic carbocycles. The van der Waals surface area contributed by atoms with Crippen molar-refractivity contribution in [2.24, 2.45) is 5.10 Å². The van der Waals surface area contributed by atoms with Crippen LogP contribution in [0.15, 0.2) is 29.3 Å². The van der Waals surface area contributed by atoms with Crippen LogP contribution in [0.25, 0.3) is 6.08 Å². The number of H-pyrrole nitrogens is 1. The van der Waals surface area contributed by atoms with E-state index in [1.807, 2.05) is 13.8 Å². The van der Waals surface area contributed by atoms with E-state index in [4.69, 9.17) is 11.6 Å². The fraction of sp³-hybridized carbons (Fsp3) is 0.235. The summed E-state index contributed by atoms with van der Waals surface area (Å²) < 4.78 is 0. The molecule has 2 aromatic heterocycles. The standard InChI is InChI=1S/C17H16ClN5O2/c1-9-12(21-10(2)15(9)14(24)3-4-18)7-11-16(22-23-17(11)25)13-8-19-5-6-20-13/h5-8,21H,3-4H2,1-2H3,(H,23,25). The number of nitrogens with zero attached hydrogens (tertiary/aromatic N) is 3. The van der Waals surface area contributed by atoms with E-state index < -0.39 is 0 Å². The highest BCUT2D eigenvalue weighted by molar-refractivity contribution is 6.32. The molecule has 128 valence electrons. The summed E-state index contributed by atoms with van der Waals surface area (Å²) in [6.07, 6.45) is 6.56. The van der Waals surface area contributed by atoms with Gasteiger partial charge in [0, 0.05) is 41.6 Å². The molecule has 0 radical (unpaired) electrons. The summed E-state index contributed by atoms with van der Waals surface area (Å²) in [7, 11) is 0. The lowest BCUT2D eigenvalue weighted by atomic mass is 10.0. The first-order valence-electron chi connectivity index (χ1n) is 7.67. The summed E-state index contributed by atoms with van der Waals surface area (Å²) >= 11 is 5.68. The number of hydrogen-bond donors (Lipinski definition) is 2. The Labute approximate surface area is 149 Å². The number of rotatable bonds is 5. The normalized spacial score (nSPS) is 15.4. The number of hydrogen-bond acceptors (Lipinski definition) is 5. The maximum Gasteiger partial charge on any atom is 0.273 e. The van der Waals surface area contributed by atoms with Crippen molar-refractivity contribution in [1.82, 2.24) is 20.4 Å². The number of carbonyl (C=O) groups excluding carboxylic acids is 2. The lowest BCUT2D eigenvalue weighted by molar-refractivity contribution is -0.116. The van der Waals surface area contributed by atoms with E-state index >= 15 is 0 Å². The van der Waals surface area contributed by atoms with Crippen molar-refractivity contribution in [3.05, 3.63) is 52.4 Å². The molecule has 0 spiro atoms. The quantitative estimate of drug-likeness (QED) is 0.486. The van der Waals surface area contributed by atoms with Crippen molar-refractivity contribution in [3.8, 4) is 0 Å². The van der Waals surface area contributed by atoms with E-state index in [0.717, 1.165) is 11.3 Å². The third-order valence-electron chi connectivity index (χ3n) is 3.94. The van der Waals surface area contributed by atoms with Gasteiger partial charge in [-0.2, -0.15) is 5.10 Å². The number of carbonyl (C=O) groups is 2. The topological polar surface area (TPSA) is 100 Å². The van der Waals surface area contributed by atoms with Gasteiger partial charge in [-0.05, 0) is 25.5 Å². The number of alkyl halides is 1. The molecule has 2 aromatic rings. The molecule has 0 bridgehead atoms. The zero-order valence-corrected chi connectivity index (χ0v) is 14.5. The molecule has 0 atom stereocenters. The molecule has 3 rings (SSSR count). The van der Waals surface area contributed by atoms with Crippen molar-refractivity contribution in [2.75, 3.05) is 5.88 Å². The number of aromatic nitrogens is 3. The van der Waals surface area contributed by atoms with Gasteiger partial charge in [-0.15, -0.1) is 11.6 Å². The lowest BCUT2D eigenvalue weighted by Crippen LogP contribution is -2.14. The number of ketones is 1. The van der Waals surface area contributed by atoms with Gasteiger partial charge in [0.25, 0.3) is 5.91 Å². The van der Waals surface area contributed by atoms with E-state index in [-0.39, 0.29) is 24.0 Å². The van der Waals surface area contributed by atoms with Gasteiger partial charge in [0.2, 0.25) is 0 Å². The second-order valence-corrected chi connectivity index (χ2v) is 5.95. The SMILES string of the molecule is Cc1[nH]c(C=C2C(=O)NN=C2c2cnccn2)c(C)c1C(=O)CCCl. The van der Waals surface area contributed by atoms with Crippen molar-refractivity contribution in [3.63, 3.8) is 0 Å². The Hall–Kier alpha value is -2.80. The summed E-state index contributed by atoms with van der Waals surface area (Å²) in [6.45, 7) is 3.66. The van der Waals surface area contributed by atoms with E-state index in [9.17, 15) is 9.59 Å². The number of Topliss-reactive ketones (excluding diaryl/α,β-unsaturated/α-hetero) is 1. The molecule has 3 heterocycles. The van der Waals surface area contributed by atoms with Crippen molar-refractivity contribution < 1.29 is 9.59 Å². The van der Waals surface area contributed by atoms with Gasteiger partial charge in [0.05, 0.1) is 11.8 Å².